The first-order chi connectivity index (χ1) is 7.51. The van der Waals surface area contributed by atoms with E-state index >= 15 is 0 Å². The summed E-state index contributed by atoms with van der Waals surface area (Å²) >= 11 is 0. The lowest BCUT2D eigenvalue weighted by Crippen LogP contribution is -2.11. The molecule has 90 valence electrons. The van der Waals surface area contributed by atoms with Crippen molar-refractivity contribution in [3.8, 4) is 5.75 Å². The van der Waals surface area contributed by atoms with Crippen LogP contribution in [0, 0.1) is 0 Å². The largest absolute Gasteiger partial charge is 0.494 e. The molecule has 0 aliphatic rings. The summed E-state index contributed by atoms with van der Waals surface area (Å²) in [6.45, 7) is 2.29. The number of sulfone groups is 1. The Labute approximate surface area is 95.1 Å². The van der Waals surface area contributed by atoms with Gasteiger partial charge in [-0.15, -0.1) is 0 Å². The Bertz CT molecular complexity index is 456. The van der Waals surface area contributed by atoms with Gasteiger partial charge in [0.25, 0.3) is 0 Å². The molecular formula is C10H15NO4S. The van der Waals surface area contributed by atoms with Crippen molar-refractivity contribution in [3.05, 3.63) is 18.2 Å². The van der Waals surface area contributed by atoms with Crippen LogP contribution in [0.25, 0.3) is 0 Å². The molecule has 1 rings (SSSR count). The number of hydrogen-bond donors (Lipinski definition) is 1. The third-order valence-electron chi connectivity index (χ3n) is 1.90. The zero-order chi connectivity index (χ0) is 12.2. The summed E-state index contributed by atoms with van der Waals surface area (Å²) < 4.78 is 33.3. The summed E-state index contributed by atoms with van der Waals surface area (Å²) in [5.41, 5.74) is 5.81. The van der Waals surface area contributed by atoms with Gasteiger partial charge in [0.2, 0.25) is 9.84 Å². The van der Waals surface area contributed by atoms with Gasteiger partial charge in [-0.2, -0.15) is 0 Å². The molecule has 0 saturated heterocycles. The third kappa shape index (κ3) is 2.86. The fraction of sp³-hybridized carbons (Fsp3) is 0.400. The zero-order valence-corrected chi connectivity index (χ0v) is 10.1. The molecule has 1 aromatic rings. The SMILES string of the molecule is CCOc1ccc(N)c(S(=O)(=O)COC)c1. The van der Waals surface area contributed by atoms with E-state index < -0.39 is 15.8 Å². The molecule has 0 aliphatic heterocycles. The number of benzene rings is 1. The number of rotatable bonds is 5. The van der Waals surface area contributed by atoms with Crippen molar-refractivity contribution in [1.29, 1.82) is 0 Å². The van der Waals surface area contributed by atoms with Crippen molar-refractivity contribution in [3.63, 3.8) is 0 Å². The lowest BCUT2D eigenvalue weighted by atomic mass is 10.3. The predicted octanol–water partition coefficient (Wildman–Crippen LogP) is 1.05. The number of methoxy groups -OCH3 is 1. The van der Waals surface area contributed by atoms with Crippen molar-refractivity contribution < 1.29 is 17.9 Å². The van der Waals surface area contributed by atoms with E-state index in [9.17, 15) is 8.42 Å². The van der Waals surface area contributed by atoms with Gasteiger partial charge in [0, 0.05) is 13.2 Å². The topological polar surface area (TPSA) is 78.6 Å². The van der Waals surface area contributed by atoms with E-state index in [1.54, 1.807) is 6.07 Å². The van der Waals surface area contributed by atoms with E-state index in [2.05, 4.69) is 4.74 Å². The third-order valence-corrected chi connectivity index (χ3v) is 3.47. The van der Waals surface area contributed by atoms with Gasteiger partial charge in [-0.05, 0) is 19.1 Å². The molecule has 5 nitrogen and oxygen atoms in total. The average molecular weight is 245 g/mol. The quantitative estimate of drug-likeness (QED) is 0.784. The molecule has 0 fully saturated rings. The van der Waals surface area contributed by atoms with E-state index in [1.165, 1.54) is 19.2 Å². The Morgan fingerprint density at radius 1 is 1.38 bits per heavy atom. The minimum atomic E-state index is -3.51. The van der Waals surface area contributed by atoms with Crippen LogP contribution in [0.15, 0.2) is 23.1 Å². The second kappa shape index (κ2) is 5.18. The first kappa shape index (κ1) is 12.8. The van der Waals surface area contributed by atoms with Crippen LogP contribution in [0.2, 0.25) is 0 Å². The summed E-state index contributed by atoms with van der Waals surface area (Å²) in [5, 5.41) is 0. The maximum absolute atomic E-state index is 11.7. The molecule has 16 heavy (non-hydrogen) atoms. The maximum Gasteiger partial charge on any atom is 0.204 e. The molecule has 0 spiro atoms. The minimum Gasteiger partial charge on any atom is -0.494 e. The summed E-state index contributed by atoms with van der Waals surface area (Å²) in [5.74, 6) is 0.0821. The summed E-state index contributed by atoms with van der Waals surface area (Å²) in [6, 6.07) is 4.55. The van der Waals surface area contributed by atoms with Gasteiger partial charge < -0.3 is 15.2 Å². The minimum absolute atomic E-state index is 0.0419. The number of anilines is 1. The lowest BCUT2D eigenvalue weighted by molar-refractivity contribution is 0.249. The van der Waals surface area contributed by atoms with Gasteiger partial charge in [0.1, 0.15) is 5.75 Å². The Morgan fingerprint density at radius 3 is 2.62 bits per heavy atom. The van der Waals surface area contributed by atoms with Crippen LogP contribution < -0.4 is 10.5 Å². The van der Waals surface area contributed by atoms with Gasteiger partial charge in [-0.3, -0.25) is 0 Å². The predicted molar refractivity (Wildman–Crippen MR) is 61.1 cm³/mol. The molecule has 0 aromatic heterocycles. The van der Waals surface area contributed by atoms with Crippen molar-refractivity contribution in [1.82, 2.24) is 0 Å². The highest BCUT2D eigenvalue weighted by atomic mass is 32.2. The zero-order valence-electron chi connectivity index (χ0n) is 9.26. The number of ether oxygens (including phenoxy) is 2. The van der Waals surface area contributed by atoms with Gasteiger partial charge in [0.15, 0.2) is 5.94 Å². The second-order valence-electron chi connectivity index (χ2n) is 3.15. The van der Waals surface area contributed by atoms with Gasteiger partial charge in [-0.1, -0.05) is 0 Å². The molecule has 0 bridgehead atoms. The maximum atomic E-state index is 11.7. The molecule has 0 aliphatic carbocycles. The fourth-order valence-corrected chi connectivity index (χ4v) is 2.42. The average Bonchev–Trinajstić information content (AvgIpc) is 2.21. The molecule has 2 N–H and O–H groups in total. The van der Waals surface area contributed by atoms with Gasteiger partial charge in [-0.25, -0.2) is 8.42 Å². The molecule has 0 saturated carbocycles. The van der Waals surface area contributed by atoms with E-state index in [0.717, 1.165) is 0 Å². The molecular weight excluding hydrogens is 230 g/mol. The van der Waals surface area contributed by atoms with E-state index in [-0.39, 0.29) is 10.6 Å². The number of hydrogen-bond acceptors (Lipinski definition) is 5. The molecule has 0 amide bonds. The monoisotopic (exact) mass is 245 g/mol. The van der Waals surface area contributed by atoms with Crippen LogP contribution in [0.1, 0.15) is 6.92 Å². The molecule has 6 heteroatoms. The Hall–Kier alpha value is -1.27. The highest BCUT2D eigenvalue weighted by Gasteiger charge is 2.18. The van der Waals surface area contributed by atoms with Crippen molar-refractivity contribution in [2.24, 2.45) is 0 Å². The number of nitrogens with two attached hydrogens (primary N) is 1. The molecule has 0 atom stereocenters. The highest BCUT2D eigenvalue weighted by molar-refractivity contribution is 7.91. The first-order valence-corrected chi connectivity index (χ1v) is 6.40. The Kier molecular flexibility index (Phi) is 4.14. The van der Waals surface area contributed by atoms with Gasteiger partial charge in [0.05, 0.1) is 17.2 Å². The molecule has 0 unspecified atom stereocenters. The van der Waals surface area contributed by atoms with Crippen molar-refractivity contribution in [2.75, 3.05) is 25.4 Å². The first-order valence-electron chi connectivity index (χ1n) is 4.75. The van der Waals surface area contributed by atoms with Crippen LogP contribution in [0.3, 0.4) is 0 Å². The van der Waals surface area contributed by atoms with E-state index in [1.807, 2.05) is 6.92 Å². The molecule has 0 heterocycles. The normalized spacial score (nSPS) is 11.4. The Morgan fingerprint density at radius 2 is 2.06 bits per heavy atom. The van der Waals surface area contributed by atoms with Crippen LogP contribution in [-0.4, -0.2) is 28.1 Å². The second-order valence-corrected chi connectivity index (χ2v) is 5.06. The summed E-state index contributed by atoms with van der Waals surface area (Å²) in [6.07, 6.45) is 0. The van der Waals surface area contributed by atoms with Crippen LogP contribution in [-0.2, 0) is 14.6 Å². The summed E-state index contributed by atoms with van der Waals surface area (Å²) in [4.78, 5) is 0.0419. The smallest absolute Gasteiger partial charge is 0.204 e. The van der Waals surface area contributed by atoms with Crippen molar-refractivity contribution >= 4 is 15.5 Å². The summed E-state index contributed by atoms with van der Waals surface area (Å²) in [7, 11) is -2.19. The molecule has 1 aromatic carbocycles. The highest BCUT2D eigenvalue weighted by Crippen LogP contribution is 2.25. The van der Waals surface area contributed by atoms with Crippen LogP contribution in [0.4, 0.5) is 5.69 Å². The fourth-order valence-electron chi connectivity index (χ4n) is 1.26. The molecule has 0 radical (unpaired) electrons. The van der Waals surface area contributed by atoms with E-state index in [4.69, 9.17) is 10.5 Å². The van der Waals surface area contributed by atoms with E-state index in [0.29, 0.717) is 12.4 Å². The van der Waals surface area contributed by atoms with Crippen LogP contribution >= 0.6 is 0 Å². The van der Waals surface area contributed by atoms with Gasteiger partial charge >= 0.3 is 0 Å². The Balaban J connectivity index is 3.16. The van der Waals surface area contributed by atoms with Crippen LogP contribution in [0.5, 0.6) is 5.75 Å². The number of nitrogen functional groups attached to an aromatic ring is 1. The van der Waals surface area contributed by atoms with Crippen molar-refractivity contribution in [2.45, 2.75) is 11.8 Å². The standard InChI is InChI=1S/C10H15NO4S/c1-3-15-8-4-5-9(11)10(6-8)16(12,13)7-14-2/h4-6H,3,7,11H2,1-2H3. The lowest BCUT2D eigenvalue weighted by Gasteiger charge is -2.09.